The van der Waals surface area contributed by atoms with Gasteiger partial charge in [-0.15, -0.1) is 0 Å². The number of hydrogen-bond acceptors (Lipinski definition) is 6. The molecule has 0 spiro atoms. The lowest BCUT2D eigenvalue weighted by Gasteiger charge is -2.26. The van der Waals surface area contributed by atoms with E-state index >= 15 is 0 Å². The van der Waals surface area contributed by atoms with E-state index in [0.29, 0.717) is 22.9 Å². The lowest BCUT2D eigenvalue weighted by molar-refractivity contribution is -0.162. The summed E-state index contributed by atoms with van der Waals surface area (Å²) in [6.07, 6.45) is -1.94. The van der Waals surface area contributed by atoms with E-state index in [2.05, 4.69) is 5.32 Å². The van der Waals surface area contributed by atoms with E-state index in [1.54, 1.807) is 30.3 Å². The number of fused-ring (bicyclic) bond motifs is 1. The number of aryl methyl sites for hydroxylation is 1. The molecule has 1 N–H and O–H groups in total. The molecule has 0 saturated carbocycles. The molecule has 1 amide bonds. The fourth-order valence-electron chi connectivity index (χ4n) is 2.59. The van der Waals surface area contributed by atoms with Gasteiger partial charge in [-0.1, -0.05) is 18.2 Å². The number of benzene rings is 2. The third-order valence-electron chi connectivity index (χ3n) is 4.05. The Labute approximate surface area is 157 Å². The number of ether oxygens (including phenoxy) is 4. The van der Waals surface area contributed by atoms with E-state index in [1.807, 2.05) is 19.1 Å². The molecular formula is C20H21NO6. The summed E-state index contributed by atoms with van der Waals surface area (Å²) in [4.78, 5) is 24.7. The first kappa shape index (κ1) is 18.6. The van der Waals surface area contributed by atoms with Gasteiger partial charge in [0.2, 0.25) is 6.10 Å². The average Bonchev–Trinajstić information content (AvgIpc) is 2.67. The van der Waals surface area contributed by atoms with Crippen molar-refractivity contribution in [2.45, 2.75) is 26.1 Å². The molecule has 142 valence electrons. The highest BCUT2D eigenvalue weighted by atomic mass is 16.6. The standard InChI is InChI=1S/C20H21NO6/c1-12-8-9-15(24-3)14(10-12)21-19(22)13(2)26-20(23)18-11-25-16-6-4-5-7-17(16)27-18/h4-10,13,18H,11H2,1-3H3,(H,21,22)/t13-,18-/m0/s1. The smallest absolute Gasteiger partial charge is 0.351 e. The Morgan fingerprint density at radius 2 is 1.93 bits per heavy atom. The third-order valence-corrected chi connectivity index (χ3v) is 4.05. The zero-order chi connectivity index (χ0) is 19.4. The molecule has 7 nitrogen and oxygen atoms in total. The fourth-order valence-corrected chi connectivity index (χ4v) is 2.59. The Hall–Kier alpha value is -3.22. The van der Waals surface area contributed by atoms with Crippen molar-refractivity contribution in [1.29, 1.82) is 0 Å². The van der Waals surface area contributed by atoms with Crippen LogP contribution in [0.25, 0.3) is 0 Å². The van der Waals surface area contributed by atoms with Crippen LogP contribution in [0.5, 0.6) is 17.2 Å². The predicted octanol–water partition coefficient (Wildman–Crippen LogP) is 2.71. The van der Waals surface area contributed by atoms with E-state index in [-0.39, 0.29) is 6.61 Å². The van der Waals surface area contributed by atoms with Gasteiger partial charge in [0.25, 0.3) is 5.91 Å². The summed E-state index contributed by atoms with van der Waals surface area (Å²) >= 11 is 0. The maximum atomic E-state index is 12.4. The van der Waals surface area contributed by atoms with Gasteiger partial charge in [-0.3, -0.25) is 4.79 Å². The van der Waals surface area contributed by atoms with Crippen LogP contribution in [0.1, 0.15) is 12.5 Å². The third kappa shape index (κ3) is 4.31. The summed E-state index contributed by atoms with van der Waals surface area (Å²) in [6, 6.07) is 12.5. The van der Waals surface area contributed by atoms with Gasteiger partial charge in [-0.05, 0) is 43.7 Å². The first-order valence-electron chi connectivity index (χ1n) is 8.52. The minimum absolute atomic E-state index is 0.0237. The molecule has 0 unspecified atom stereocenters. The zero-order valence-electron chi connectivity index (χ0n) is 15.4. The number of esters is 1. The van der Waals surface area contributed by atoms with Crippen molar-refractivity contribution < 1.29 is 28.5 Å². The molecular weight excluding hydrogens is 350 g/mol. The number of carbonyl (C=O) groups is 2. The lowest BCUT2D eigenvalue weighted by Crippen LogP contribution is -2.41. The second-order valence-corrected chi connectivity index (χ2v) is 6.14. The Morgan fingerprint density at radius 1 is 1.19 bits per heavy atom. The van der Waals surface area contributed by atoms with Gasteiger partial charge >= 0.3 is 5.97 Å². The summed E-state index contributed by atoms with van der Waals surface area (Å²) in [6.45, 7) is 3.42. The van der Waals surface area contributed by atoms with Crippen LogP contribution < -0.4 is 19.5 Å². The van der Waals surface area contributed by atoms with Gasteiger partial charge in [-0.25, -0.2) is 4.79 Å². The summed E-state index contributed by atoms with van der Waals surface area (Å²) in [5.74, 6) is 0.423. The van der Waals surface area contributed by atoms with Crippen molar-refractivity contribution in [2.24, 2.45) is 0 Å². The SMILES string of the molecule is COc1ccc(C)cc1NC(=O)[C@H](C)OC(=O)[C@@H]1COc2ccccc2O1. The Morgan fingerprint density at radius 3 is 2.67 bits per heavy atom. The van der Waals surface area contributed by atoms with E-state index in [0.717, 1.165) is 5.56 Å². The molecule has 0 aromatic heterocycles. The Kier molecular flexibility index (Phi) is 5.49. The second kappa shape index (κ2) is 7.99. The van der Waals surface area contributed by atoms with Crippen molar-refractivity contribution in [3.63, 3.8) is 0 Å². The van der Waals surface area contributed by atoms with Gasteiger partial charge in [-0.2, -0.15) is 0 Å². The number of methoxy groups -OCH3 is 1. The molecule has 2 aromatic carbocycles. The fraction of sp³-hybridized carbons (Fsp3) is 0.300. The summed E-state index contributed by atoms with van der Waals surface area (Å²) < 4.78 is 21.6. The van der Waals surface area contributed by atoms with Gasteiger partial charge < -0.3 is 24.3 Å². The van der Waals surface area contributed by atoms with Crippen molar-refractivity contribution in [2.75, 3.05) is 19.0 Å². The molecule has 0 bridgehead atoms. The number of carbonyl (C=O) groups excluding carboxylic acids is 2. The highest BCUT2D eigenvalue weighted by Crippen LogP contribution is 2.31. The van der Waals surface area contributed by atoms with Crippen LogP contribution in [-0.2, 0) is 14.3 Å². The first-order chi connectivity index (χ1) is 13.0. The number of amides is 1. The van der Waals surface area contributed by atoms with Crippen molar-refractivity contribution in [3.05, 3.63) is 48.0 Å². The highest BCUT2D eigenvalue weighted by molar-refractivity contribution is 5.96. The lowest BCUT2D eigenvalue weighted by atomic mass is 10.2. The average molecular weight is 371 g/mol. The van der Waals surface area contributed by atoms with Gasteiger partial charge in [0.05, 0.1) is 12.8 Å². The molecule has 1 aliphatic rings. The quantitative estimate of drug-likeness (QED) is 0.814. The molecule has 1 heterocycles. The maximum absolute atomic E-state index is 12.4. The van der Waals surface area contributed by atoms with Crippen molar-refractivity contribution in [1.82, 2.24) is 0 Å². The van der Waals surface area contributed by atoms with Crippen LogP contribution in [0.15, 0.2) is 42.5 Å². The molecule has 27 heavy (non-hydrogen) atoms. The number of rotatable bonds is 5. The molecule has 2 atom stereocenters. The van der Waals surface area contributed by atoms with Gasteiger partial charge in [0.15, 0.2) is 17.6 Å². The van der Waals surface area contributed by atoms with Crippen LogP contribution in [0, 0.1) is 6.92 Å². The van der Waals surface area contributed by atoms with E-state index in [4.69, 9.17) is 18.9 Å². The molecule has 1 aliphatic heterocycles. The first-order valence-corrected chi connectivity index (χ1v) is 8.52. The van der Waals surface area contributed by atoms with Crippen LogP contribution in [0.4, 0.5) is 5.69 Å². The van der Waals surface area contributed by atoms with E-state index in [9.17, 15) is 9.59 Å². The molecule has 0 fully saturated rings. The van der Waals surface area contributed by atoms with Gasteiger partial charge in [0.1, 0.15) is 12.4 Å². The summed E-state index contributed by atoms with van der Waals surface area (Å²) in [5, 5.41) is 2.71. The van der Waals surface area contributed by atoms with E-state index < -0.39 is 24.1 Å². The largest absolute Gasteiger partial charge is 0.495 e. The van der Waals surface area contributed by atoms with Crippen LogP contribution in [0.3, 0.4) is 0 Å². The predicted molar refractivity (Wildman–Crippen MR) is 98.3 cm³/mol. The normalized spacial score (nSPS) is 16.2. The van der Waals surface area contributed by atoms with Crippen molar-refractivity contribution in [3.8, 4) is 17.2 Å². The molecule has 0 saturated heterocycles. The molecule has 7 heteroatoms. The van der Waals surface area contributed by atoms with Crippen LogP contribution in [-0.4, -0.2) is 37.8 Å². The number of nitrogens with one attached hydrogen (secondary N) is 1. The Bertz CT molecular complexity index is 850. The highest BCUT2D eigenvalue weighted by Gasteiger charge is 2.31. The number of anilines is 1. The van der Waals surface area contributed by atoms with Gasteiger partial charge in [0, 0.05) is 0 Å². The molecule has 0 radical (unpaired) electrons. The van der Waals surface area contributed by atoms with Crippen LogP contribution >= 0.6 is 0 Å². The topological polar surface area (TPSA) is 83.1 Å². The number of para-hydroxylation sites is 2. The molecule has 0 aliphatic carbocycles. The van der Waals surface area contributed by atoms with Crippen molar-refractivity contribution >= 4 is 17.6 Å². The second-order valence-electron chi connectivity index (χ2n) is 6.14. The minimum atomic E-state index is -1.01. The Balaban J connectivity index is 1.60. The molecule has 3 rings (SSSR count). The summed E-state index contributed by atoms with van der Waals surface area (Å²) in [7, 11) is 1.52. The van der Waals surface area contributed by atoms with Crippen LogP contribution in [0.2, 0.25) is 0 Å². The minimum Gasteiger partial charge on any atom is -0.495 e. The molecule has 2 aromatic rings. The monoisotopic (exact) mass is 371 g/mol. The zero-order valence-corrected chi connectivity index (χ0v) is 15.4. The maximum Gasteiger partial charge on any atom is 0.351 e. The summed E-state index contributed by atoms with van der Waals surface area (Å²) in [5.41, 5.74) is 1.47. The van der Waals surface area contributed by atoms with E-state index in [1.165, 1.54) is 14.0 Å². The number of hydrogen-bond donors (Lipinski definition) is 1.